The SMILES string of the molecule is Cc1cc(C(C)(C)C)ccc1OCC(C)CS(N)(=O)=O. The number of aryl methyl sites for hydroxylation is 1. The molecule has 0 radical (unpaired) electrons. The normalized spacial score (nSPS) is 14.1. The highest BCUT2D eigenvalue weighted by atomic mass is 32.2. The highest BCUT2D eigenvalue weighted by Gasteiger charge is 2.16. The fourth-order valence-corrected chi connectivity index (χ4v) is 2.84. The van der Waals surface area contributed by atoms with Crippen LogP contribution < -0.4 is 9.88 Å². The van der Waals surface area contributed by atoms with Crippen LogP contribution in [-0.2, 0) is 15.4 Å². The van der Waals surface area contributed by atoms with E-state index in [1.165, 1.54) is 5.56 Å². The Hall–Kier alpha value is -1.07. The van der Waals surface area contributed by atoms with Crippen molar-refractivity contribution in [3.8, 4) is 5.75 Å². The highest BCUT2D eigenvalue weighted by molar-refractivity contribution is 7.89. The summed E-state index contributed by atoms with van der Waals surface area (Å²) in [5.41, 5.74) is 2.41. The Labute approximate surface area is 122 Å². The lowest BCUT2D eigenvalue weighted by Crippen LogP contribution is -2.25. The van der Waals surface area contributed by atoms with Crippen molar-refractivity contribution < 1.29 is 13.2 Å². The van der Waals surface area contributed by atoms with Crippen LogP contribution in [0.4, 0.5) is 0 Å². The van der Waals surface area contributed by atoms with Gasteiger partial charge in [0.2, 0.25) is 10.0 Å². The number of primary sulfonamides is 1. The number of hydrogen-bond acceptors (Lipinski definition) is 3. The van der Waals surface area contributed by atoms with Crippen LogP contribution in [0.1, 0.15) is 38.8 Å². The number of hydrogen-bond donors (Lipinski definition) is 1. The molecule has 0 aliphatic rings. The van der Waals surface area contributed by atoms with Gasteiger partial charge in [-0.15, -0.1) is 0 Å². The standard InChI is InChI=1S/C15H25NO3S/c1-11(10-20(16,17)18)9-19-14-7-6-13(8-12(14)2)15(3,4)5/h6-8,11H,9-10H2,1-5H3,(H2,16,17,18). The van der Waals surface area contributed by atoms with Crippen LogP contribution >= 0.6 is 0 Å². The van der Waals surface area contributed by atoms with E-state index in [1.54, 1.807) is 0 Å². The molecule has 0 fully saturated rings. The molecule has 0 bridgehead atoms. The Morgan fingerprint density at radius 2 is 1.90 bits per heavy atom. The van der Waals surface area contributed by atoms with Gasteiger partial charge in [0.1, 0.15) is 5.75 Å². The third kappa shape index (κ3) is 5.51. The van der Waals surface area contributed by atoms with Gasteiger partial charge in [0.25, 0.3) is 0 Å². The van der Waals surface area contributed by atoms with Crippen LogP contribution in [0.25, 0.3) is 0 Å². The molecular weight excluding hydrogens is 274 g/mol. The van der Waals surface area contributed by atoms with E-state index in [-0.39, 0.29) is 17.1 Å². The minimum absolute atomic E-state index is 0.0634. The maximum absolute atomic E-state index is 11.0. The first-order valence-corrected chi connectivity index (χ1v) is 8.45. The van der Waals surface area contributed by atoms with E-state index >= 15 is 0 Å². The molecule has 0 aromatic heterocycles. The smallest absolute Gasteiger partial charge is 0.209 e. The van der Waals surface area contributed by atoms with E-state index in [4.69, 9.17) is 9.88 Å². The van der Waals surface area contributed by atoms with Crippen LogP contribution in [0.3, 0.4) is 0 Å². The van der Waals surface area contributed by atoms with Crippen LogP contribution in [0.15, 0.2) is 18.2 Å². The summed E-state index contributed by atoms with van der Waals surface area (Å²) < 4.78 is 27.7. The molecule has 1 unspecified atom stereocenters. The van der Waals surface area contributed by atoms with Gasteiger partial charge in [-0.25, -0.2) is 13.6 Å². The summed E-state index contributed by atoms with van der Waals surface area (Å²) >= 11 is 0. The average molecular weight is 299 g/mol. The topological polar surface area (TPSA) is 69.4 Å². The molecule has 0 spiro atoms. The zero-order valence-electron chi connectivity index (χ0n) is 12.9. The van der Waals surface area contributed by atoms with E-state index in [2.05, 4.69) is 26.8 Å². The van der Waals surface area contributed by atoms with Crippen molar-refractivity contribution in [1.82, 2.24) is 0 Å². The highest BCUT2D eigenvalue weighted by Crippen LogP contribution is 2.27. The number of ether oxygens (including phenoxy) is 1. The molecule has 5 heteroatoms. The molecule has 4 nitrogen and oxygen atoms in total. The molecule has 1 aromatic rings. The maximum Gasteiger partial charge on any atom is 0.209 e. The lowest BCUT2D eigenvalue weighted by molar-refractivity contribution is 0.270. The first kappa shape index (κ1) is 17.0. The van der Waals surface area contributed by atoms with Crippen molar-refractivity contribution in [3.05, 3.63) is 29.3 Å². The van der Waals surface area contributed by atoms with Gasteiger partial charge in [0.15, 0.2) is 0 Å². The number of nitrogens with two attached hydrogens (primary N) is 1. The van der Waals surface area contributed by atoms with Gasteiger partial charge >= 0.3 is 0 Å². The summed E-state index contributed by atoms with van der Waals surface area (Å²) in [5, 5.41) is 5.02. The van der Waals surface area contributed by atoms with Gasteiger partial charge < -0.3 is 4.74 Å². The molecule has 1 aromatic carbocycles. The summed E-state index contributed by atoms with van der Waals surface area (Å²) in [4.78, 5) is 0. The predicted molar refractivity (Wildman–Crippen MR) is 82.5 cm³/mol. The first-order chi connectivity index (χ1) is 8.99. The summed E-state index contributed by atoms with van der Waals surface area (Å²) in [7, 11) is -3.44. The molecule has 0 heterocycles. The van der Waals surface area contributed by atoms with E-state index in [1.807, 2.05) is 26.0 Å². The van der Waals surface area contributed by atoms with Crippen molar-refractivity contribution >= 4 is 10.0 Å². The summed E-state index contributed by atoms with van der Waals surface area (Å²) in [6.07, 6.45) is 0. The second-order valence-electron chi connectivity index (χ2n) is 6.48. The van der Waals surface area contributed by atoms with E-state index < -0.39 is 10.0 Å². The maximum atomic E-state index is 11.0. The Balaban J connectivity index is 2.70. The Kier molecular flexibility index (Phi) is 5.21. The number of sulfonamides is 1. The molecule has 0 saturated carbocycles. The van der Waals surface area contributed by atoms with Crippen molar-refractivity contribution in [1.29, 1.82) is 0 Å². The number of rotatable bonds is 5. The monoisotopic (exact) mass is 299 g/mol. The van der Waals surface area contributed by atoms with Crippen molar-refractivity contribution in [2.75, 3.05) is 12.4 Å². The minimum atomic E-state index is -3.44. The van der Waals surface area contributed by atoms with Crippen molar-refractivity contribution in [2.24, 2.45) is 11.1 Å². The molecule has 114 valence electrons. The third-order valence-electron chi connectivity index (χ3n) is 3.08. The van der Waals surface area contributed by atoms with Crippen LogP contribution in [0, 0.1) is 12.8 Å². The second-order valence-corrected chi connectivity index (χ2v) is 8.14. The molecule has 1 rings (SSSR count). The molecule has 1 atom stereocenters. The molecule has 0 aliphatic carbocycles. The Morgan fingerprint density at radius 1 is 1.30 bits per heavy atom. The Morgan fingerprint density at radius 3 is 2.35 bits per heavy atom. The zero-order valence-corrected chi connectivity index (χ0v) is 13.8. The van der Waals surface area contributed by atoms with Gasteiger partial charge in [-0.2, -0.15) is 0 Å². The van der Waals surface area contributed by atoms with Gasteiger partial charge in [-0.3, -0.25) is 0 Å². The summed E-state index contributed by atoms with van der Waals surface area (Å²) in [6, 6.07) is 6.10. The van der Waals surface area contributed by atoms with Crippen LogP contribution in [-0.4, -0.2) is 20.8 Å². The lowest BCUT2D eigenvalue weighted by Gasteiger charge is -2.21. The number of benzene rings is 1. The quantitative estimate of drug-likeness (QED) is 0.908. The molecule has 0 aliphatic heterocycles. The van der Waals surface area contributed by atoms with Gasteiger partial charge in [0, 0.05) is 5.92 Å². The van der Waals surface area contributed by atoms with Gasteiger partial charge in [-0.1, -0.05) is 39.8 Å². The van der Waals surface area contributed by atoms with E-state index in [9.17, 15) is 8.42 Å². The minimum Gasteiger partial charge on any atom is -0.493 e. The zero-order chi connectivity index (χ0) is 15.6. The molecular formula is C15H25NO3S. The summed E-state index contributed by atoms with van der Waals surface area (Å²) in [6.45, 7) is 10.6. The molecule has 0 amide bonds. The second kappa shape index (κ2) is 6.14. The van der Waals surface area contributed by atoms with Gasteiger partial charge in [0.05, 0.1) is 12.4 Å². The van der Waals surface area contributed by atoms with Crippen molar-refractivity contribution in [3.63, 3.8) is 0 Å². The van der Waals surface area contributed by atoms with E-state index in [0.717, 1.165) is 11.3 Å². The third-order valence-corrected chi connectivity index (χ3v) is 4.11. The summed E-state index contributed by atoms with van der Waals surface area (Å²) in [5.74, 6) is 0.595. The average Bonchev–Trinajstić information content (AvgIpc) is 2.23. The Bertz CT molecular complexity index is 559. The van der Waals surface area contributed by atoms with Crippen molar-refractivity contribution in [2.45, 2.75) is 40.0 Å². The first-order valence-electron chi connectivity index (χ1n) is 6.73. The fraction of sp³-hybridized carbons (Fsp3) is 0.600. The largest absolute Gasteiger partial charge is 0.493 e. The predicted octanol–water partition coefficient (Wildman–Crippen LogP) is 2.60. The lowest BCUT2D eigenvalue weighted by atomic mass is 9.86. The van der Waals surface area contributed by atoms with Crippen LogP contribution in [0.5, 0.6) is 5.75 Å². The fourth-order valence-electron chi connectivity index (χ4n) is 1.95. The molecule has 2 N–H and O–H groups in total. The molecule has 20 heavy (non-hydrogen) atoms. The van der Waals surface area contributed by atoms with E-state index in [0.29, 0.717) is 6.61 Å². The van der Waals surface area contributed by atoms with Crippen LogP contribution in [0.2, 0.25) is 0 Å². The van der Waals surface area contributed by atoms with Gasteiger partial charge in [-0.05, 0) is 29.5 Å². The molecule has 0 saturated heterocycles.